The van der Waals surface area contributed by atoms with Crippen molar-refractivity contribution in [2.75, 3.05) is 26.2 Å². The molecule has 1 aliphatic carbocycles. The van der Waals surface area contributed by atoms with Gasteiger partial charge in [0.2, 0.25) is 0 Å². The largest absolute Gasteiger partial charge is 0.393 e. The van der Waals surface area contributed by atoms with E-state index >= 15 is 0 Å². The zero-order chi connectivity index (χ0) is 22.5. The topological polar surface area (TPSA) is 102 Å². The molecule has 2 aromatic rings. The van der Waals surface area contributed by atoms with Gasteiger partial charge in [-0.05, 0) is 61.1 Å². The third-order valence-electron chi connectivity index (χ3n) is 6.34. The average molecular weight is 438 g/mol. The van der Waals surface area contributed by atoms with Crippen molar-refractivity contribution in [1.82, 2.24) is 15.5 Å². The normalized spacial score (nSPS) is 17.8. The number of hydrogen-bond acceptors (Lipinski definition) is 5. The van der Waals surface area contributed by atoms with Gasteiger partial charge in [-0.15, -0.1) is 0 Å². The van der Waals surface area contributed by atoms with Gasteiger partial charge in [0.15, 0.2) is 0 Å². The molecule has 7 nitrogen and oxygen atoms in total. The van der Waals surface area contributed by atoms with E-state index in [1.165, 1.54) is 11.1 Å². The summed E-state index contributed by atoms with van der Waals surface area (Å²) >= 11 is 0. The fourth-order valence-electron chi connectivity index (χ4n) is 4.41. The highest BCUT2D eigenvalue weighted by molar-refractivity contribution is 5.97. The fourth-order valence-corrected chi connectivity index (χ4v) is 4.41. The molecule has 2 aromatic carbocycles. The lowest BCUT2D eigenvalue weighted by Gasteiger charge is -2.29. The van der Waals surface area contributed by atoms with Crippen molar-refractivity contribution in [2.45, 2.75) is 43.9 Å². The molecule has 0 saturated carbocycles. The zero-order valence-corrected chi connectivity index (χ0v) is 18.2. The van der Waals surface area contributed by atoms with Crippen LogP contribution < -0.4 is 10.6 Å². The first kappa shape index (κ1) is 22.5. The first-order valence-corrected chi connectivity index (χ1v) is 11.3. The van der Waals surface area contributed by atoms with Crippen LogP contribution in [-0.2, 0) is 12.8 Å². The van der Waals surface area contributed by atoms with Crippen LogP contribution in [0, 0.1) is 0 Å². The fraction of sp³-hybridized carbons (Fsp3) is 0.440. The lowest BCUT2D eigenvalue weighted by molar-refractivity contribution is 0.0546. The van der Waals surface area contributed by atoms with Crippen molar-refractivity contribution >= 4 is 11.8 Å². The second kappa shape index (κ2) is 10.3. The molecule has 2 amide bonds. The lowest BCUT2D eigenvalue weighted by Crippen LogP contribution is -2.41. The number of aliphatic hydroxyl groups is 2. The minimum Gasteiger partial charge on any atom is -0.393 e. The van der Waals surface area contributed by atoms with Gasteiger partial charge in [0.05, 0.1) is 12.2 Å². The maximum Gasteiger partial charge on any atom is 0.253 e. The SMILES string of the molecule is O=C(NC[C@@H](O)CNC1Cc2ccccc2C1)c1ccc(C(=O)N2CCC(O)CC2)cc1. The van der Waals surface area contributed by atoms with E-state index in [-0.39, 0.29) is 24.5 Å². The van der Waals surface area contributed by atoms with Crippen LogP contribution in [0.25, 0.3) is 0 Å². The summed E-state index contributed by atoms with van der Waals surface area (Å²) in [5, 5.41) is 26.0. The number of rotatable bonds is 7. The minimum absolute atomic E-state index is 0.0839. The van der Waals surface area contributed by atoms with Crippen molar-refractivity contribution in [3.63, 3.8) is 0 Å². The second-order valence-electron chi connectivity index (χ2n) is 8.75. The molecule has 0 radical (unpaired) electrons. The number of benzene rings is 2. The van der Waals surface area contributed by atoms with Gasteiger partial charge in [-0.1, -0.05) is 24.3 Å². The Hall–Kier alpha value is -2.74. The first-order valence-electron chi connectivity index (χ1n) is 11.3. The molecule has 1 fully saturated rings. The molecule has 1 heterocycles. The number of aliphatic hydroxyl groups excluding tert-OH is 2. The highest BCUT2D eigenvalue weighted by Crippen LogP contribution is 2.21. The number of fused-ring (bicyclic) bond motifs is 1. The van der Waals surface area contributed by atoms with Gasteiger partial charge in [-0.2, -0.15) is 0 Å². The number of hydrogen-bond donors (Lipinski definition) is 4. The molecule has 1 saturated heterocycles. The van der Waals surface area contributed by atoms with E-state index in [0.717, 1.165) is 12.8 Å². The number of carbonyl (C=O) groups excluding carboxylic acids is 2. The molecule has 0 bridgehead atoms. The summed E-state index contributed by atoms with van der Waals surface area (Å²) in [5.41, 5.74) is 3.68. The number of carbonyl (C=O) groups is 2. The minimum atomic E-state index is -0.682. The summed E-state index contributed by atoms with van der Waals surface area (Å²) in [6.45, 7) is 1.65. The quantitative estimate of drug-likeness (QED) is 0.520. The van der Waals surface area contributed by atoms with Crippen LogP contribution in [0.2, 0.25) is 0 Å². The van der Waals surface area contributed by atoms with Crippen molar-refractivity contribution in [2.24, 2.45) is 0 Å². The molecule has 7 heteroatoms. The molecule has 0 unspecified atom stereocenters. The second-order valence-corrected chi connectivity index (χ2v) is 8.75. The van der Waals surface area contributed by atoms with Crippen LogP contribution in [0.3, 0.4) is 0 Å². The van der Waals surface area contributed by atoms with Crippen LogP contribution >= 0.6 is 0 Å². The first-order chi connectivity index (χ1) is 15.5. The summed E-state index contributed by atoms with van der Waals surface area (Å²) < 4.78 is 0. The Kier molecular flexibility index (Phi) is 7.19. The molecule has 0 spiro atoms. The smallest absolute Gasteiger partial charge is 0.253 e. The third kappa shape index (κ3) is 5.54. The monoisotopic (exact) mass is 437 g/mol. The molecule has 1 atom stereocenters. The van der Waals surface area contributed by atoms with Crippen molar-refractivity contribution in [3.05, 3.63) is 70.8 Å². The van der Waals surface area contributed by atoms with Gasteiger partial charge in [-0.25, -0.2) is 0 Å². The van der Waals surface area contributed by atoms with Crippen LogP contribution in [0.5, 0.6) is 0 Å². The highest BCUT2D eigenvalue weighted by atomic mass is 16.3. The lowest BCUT2D eigenvalue weighted by atomic mass is 10.1. The van der Waals surface area contributed by atoms with E-state index in [1.807, 2.05) is 12.1 Å². The Bertz CT molecular complexity index is 913. The van der Waals surface area contributed by atoms with E-state index in [4.69, 9.17) is 0 Å². The van der Waals surface area contributed by atoms with Crippen molar-refractivity contribution in [1.29, 1.82) is 0 Å². The van der Waals surface area contributed by atoms with Crippen LogP contribution in [-0.4, -0.2) is 71.4 Å². The Balaban J connectivity index is 1.20. The van der Waals surface area contributed by atoms with Gasteiger partial charge in [0, 0.05) is 43.3 Å². The molecular weight excluding hydrogens is 406 g/mol. The van der Waals surface area contributed by atoms with Crippen molar-refractivity contribution < 1.29 is 19.8 Å². The third-order valence-corrected chi connectivity index (χ3v) is 6.34. The van der Waals surface area contributed by atoms with Crippen LogP contribution in [0.1, 0.15) is 44.7 Å². The molecule has 170 valence electrons. The van der Waals surface area contributed by atoms with E-state index in [9.17, 15) is 19.8 Å². The maximum atomic E-state index is 12.6. The van der Waals surface area contributed by atoms with Gasteiger partial charge in [0.1, 0.15) is 0 Å². The number of likely N-dealkylation sites (tertiary alicyclic amines) is 1. The van der Waals surface area contributed by atoms with Crippen LogP contribution in [0.15, 0.2) is 48.5 Å². The molecule has 4 N–H and O–H groups in total. The van der Waals surface area contributed by atoms with E-state index in [2.05, 4.69) is 22.8 Å². The Morgan fingerprint density at radius 1 is 0.938 bits per heavy atom. The zero-order valence-electron chi connectivity index (χ0n) is 18.2. The van der Waals surface area contributed by atoms with Gasteiger partial charge >= 0.3 is 0 Å². The Morgan fingerprint density at radius 3 is 2.16 bits per heavy atom. The van der Waals surface area contributed by atoms with Gasteiger partial charge < -0.3 is 25.7 Å². The maximum absolute atomic E-state index is 12.6. The number of amides is 2. The molecule has 2 aliphatic rings. The van der Waals surface area contributed by atoms with Gasteiger partial charge in [0.25, 0.3) is 11.8 Å². The number of piperidine rings is 1. The van der Waals surface area contributed by atoms with Crippen molar-refractivity contribution in [3.8, 4) is 0 Å². The number of nitrogens with one attached hydrogen (secondary N) is 2. The Morgan fingerprint density at radius 2 is 1.53 bits per heavy atom. The molecule has 32 heavy (non-hydrogen) atoms. The van der Waals surface area contributed by atoms with E-state index in [0.29, 0.717) is 49.6 Å². The summed E-state index contributed by atoms with van der Waals surface area (Å²) in [4.78, 5) is 26.7. The van der Waals surface area contributed by atoms with Crippen LogP contribution in [0.4, 0.5) is 0 Å². The Labute approximate surface area is 188 Å². The number of nitrogens with zero attached hydrogens (tertiary/aromatic N) is 1. The summed E-state index contributed by atoms with van der Waals surface area (Å²) in [6, 6.07) is 15.2. The molecule has 1 aliphatic heterocycles. The average Bonchev–Trinajstić information content (AvgIpc) is 3.24. The summed E-state index contributed by atoms with van der Waals surface area (Å²) in [5.74, 6) is -0.364. The van der Waals surface area contributed by atoms with Gasteiger partial charge in [-0.3, -0.25) is 9.59 Å². The summed E-state index contributed by atoms with van der Waals surface area (Å²) in [6.07, 6.45) is 2.09. The molecular formula is C25H31N3O4. The highest BCUT2D eigenvalue weighted by Gasteiger charge is 2.23. The summed E-state index contributed by atoms with van der Waals surface area (Å²) in [7, 11) is 0. The predicted molar refractivity (Wildman–Crippen MR) is 122 cm³/mol. The standard InChI is InChI=1S/C25H31N3O4/c29-22-9-11-28(12-10-22)25(32)18-7-5-17(6-8-18)24(31)27-16-23(30)15-26-21-13-19-3-1-2-4-20(19)14-21/h1-8,21-23,26,29-30H,9-16H2,(H,27,31)/t23-/m0/s1. The van der Waals surface area contributed by atoms with E-state index < -0.39 is 6.10 Å². The molecule has 4 rings (SSSR count). The van der Waals surface area contributed by atoms with E-state index in [1.54, 1.807) is 29.2 Å². The predicted octanol–water partition coefficient (Wildman–Crippen LogP) is 1.13. The molecule has 0 aromatic heterocycles.